The Balaban J connectivity index is 3.27. The standard InChI is InChI=1S/C18H36N2O2/c1-4-5-6-7-8-9-10-17-22-18(21)13-11-14-19-15-12-16-20(2)3/h9-10,19H,4-8,11-17H2,1-3H3/b10-9-. The zero-order valence-electron chi connectivity index (χ0n) is 14.9. The van der Waals surface area contributed by atoms with Gasteiger partial charge in [0.15, 0.2) is 0 Å². The Morgan fingerprint density at radius 3 is 2.55 bits per heavy atom. The molecule has 22 heavy (non-hydrogen) atoms. The highest BCUT2D eigenvalue weighted by Crippen LogP contribution is 2.02. The van der Waals surface area contributed by atoms with Crippen molar-refractivity contribution in [2.45, 2.75) is 58.3 Å². The molecule has 0 rings (SSSR count). The van der Waals surface area contributed by atoms with Crippen molar-refractivity contribution in [2.75, 3.05) is 40.3 Å². The monoisotopic (exact) mass is 312 g/mol. The Bertz CT molecular complexity index is 278. The van der Waals surface area contributed by atoms with Gasteiger partial charge >= 0.3 is 5.97 Å². The van der Waals surface area contributed by atoms with Gasteiger partial charge in [0.2, 0.25) is 0 Å². The van der Waals surface area contributed by atoms with Crippen molar-refractivity contribution >= 4 is 5.97 Å². The van der Waals surface area contributed by atoms with Crippen molar-refractivity contribution in [2.24, 2.45) is 0 Å². The minimum Gasteiger partial charge on any atom is -0.461 e. The van der Waals surface area contributed by atoms with Crippen molar-refractivity contribution in [1.82, 2.24) is 10.2 Å². The molecule has 0 bridgehead atoms. The molecule has 0 saturated carbocycles. The highest BCUT2D eigenvalue weighted by Gasteiger charge is 2.00. The van der Waals surface area contributed by atoms with Gasteiger partial charge in [-0.2, -0.15) is 0 Å². The molecule has 0 aliphatic rings. The maximum atomic E-state index is 11.5. The Kier molecular flexibility index (Phi) is 15.8. The first-order chi connectivity index (χ1) is 10.7. The highest BCUT2D eigenvalue weighted by molar-refractivity contribution is 5.69. The largest absolute Gasteiger partial charge is 0.461 e. The lowest BCUT2D eigenvalue weighted by Crippen LogP contribution is -2.22. The van der Waals surface area contributed by atoms with Crippen LogP contribution in [0.25, 0.3) is 0 Å². The van der Waals surface area contributed by atoms with E-state index in [1.54, 1.807) is 0 Å². The fraction of sp³-hybridized carbons (Fsp3) is 0.833. The van der Waals surface area contributed by atoms with E-state index >= 15 is 0 Å². The van der Waals surface area contributed by atoms with Crippen LogP contribution in [0.4, 0.5) is 0 Å². The molecule has 0 atom stereocenters. The number of hydrogen-bond donors (Lipinski definition) is 1. The van der Waals surface area contributed by atoms with Crippen LogP contribution in [0.1, 0.15) is 58.3 Å². The average Bonchev–Trinajstić information content (AvgIpc) is 2.48. The maximum absolute atomic E-state index is 11.5. The second-order valence-electron chi connectivity index (χ2n) is 6.01. The molecule has 0 aliphatic heterocycles. The van der Waals surface area contributed by atoms with Crippen LogP contribution in [0.15, 0.2) is 12.2 Å². The van der Waals surface area contributed by atoms with E-state index in [2.05, 4.69) is 37.3 Å². The number of unbranched alkanes of at least 4 members (excludes halogenated alkanes) is 4. The molecule has 0 radical (unpaired) electrons. The summed E-state index contributed by atoms with van der Waals surface area (Å²) in [6.07, 6.45) is 12.8. The second-order valence-corrected chi connectivity index (χ2v) is 6.01. The Hall–Kier alpha value is -0.870. The van der Waals surface area contributed by atoms with Crippen LogP contribution in [0.2, 0.25) is 0 Å². The molecule has 0 amide bonds. The SMILES string of the molecule is CCCCCC/C=C\COC(=O)CCCNCCCN(C)C. The van der Waals surface area contributed by atoms with Gasteiger partial charge in [-0.05, 0) is 59.4 Å². The zero-order chi connectivity index (χ0) is 16.5. The van der Waals surface area contributed by atoms with E-state index in [-0.39, 0.29) is 5.97 Å². The predicted molar refractivity (Wildman–Crippen MR) is 94.1 cm³/mol. The van der Waals surface area contributed by atoms with E-state index < -0.39 is 0 Å². The summed E-state index contributed by atoms with van der Waals surface area (Å²) in [6.45, 7) is 5.63. The van der Waals surface area contributed by atoms with Crippen molar-refractivity contribution in [3.8, 4) is 0 Å². The number of hydrogen-bond acceptors (Lipinski definition) is 4. The second kappa shape index (κ2) is 16.5. The molecule has 0 spiro atoms. The molecule has 4 heteroatoms. The molecule has 0 unspecified atom stereocenters. The van der Waals surface area contributed by atoms with Gasteiger partial charge in [0, 0.05) is 6.42 Å². The van der Waals surface area contributed by atoms with Gasteiger partial charge in [-0.1, -0.05) is 38.3 Å². The van der Waals surface area contributed by atoms with E-state index in [4.69, 9.17) is 4.74 Å². The van der Waals surface area contributed by atoms with Gasteiger partial charge in [0.25, 0.3) is 0 Å². The molecular weight excluding hydrogens is 276 g/mol. The third kappa shape index (κ3) is 17.2. The zero-order valence-corrected chi connectivity index (χ0v) is 14.9. The van der Waals surface area contributed by atoms with Gasteiger partial charge in [-0.3, -0.25) is 4.79 Å². The number of rotatable bonds is 15. The summed E-state index contributed by atoms with van der Waals surface area (Å²) in [7, 11) is 4.16. The smallest absolute Gasteiger partial charge is 0.306 e. The van der Waals surface area contributed by atoms with Gasteiger partial charge in [-0.25, -0.2) is 0 Å². The van der Waals surface area contributed by atoms with Crippen molar-refractivity contribution in [1.29, 1.82) is 0 Å². The molecule has 1 N–H and O–H groups in total. The molecule has 130 valence electrons. The summed E-state index contributed by atoms with van der Waals surface area (Å²) >= 11 is 0. The first kappa shape index (κ1) is 21.1. The summed E-state index contributed by atoms with van der Waals surface area (Å²) in [5.41, 5.74) is 0. The van der Waals surface area contributed by atoms with Crippen LogP contribution in [-0.2, 0) is 9.53 Å². The van der Waals surface area contributed by atoms with E-state index in [0.29, 0.717) is 13.0 Å². The Morgan fingerprint density at radius 2 is 1.82 bits per heavy atom. The summed E-state index contributed by atoms with van der Waals surface area (Å²) in [5, 5.41) is 3.35. The fourth-order valence-electron chi connectivity index (χ4n) is 2.09. The number of esters is 1. The third-order valence-corrected chi connectivity index (χ3v) is 3.42. The van der Waals surface area contributed by atoms with E-state index in [0.717, 1.165) is 38.9 Å². The molecule has 0 aliphatic carbocycles. The number of allylic oxidation sites excluding steroid dienone is 1. The maximum Gasteiger partial charge on any atom is 0.306 e. The molecule has 0 aromatic carbocycles. The fourth-order valence-corrected chi connectivity index (χ4v) is 2.09. The van der Waals surface area contributed by atoms with Gasteiger partial charge < -0.3 is 15.0 Å². The van der Waals surface area contributed by atoms with E-state index in [1.165, 1.54) is 25.7 Å². The lowest BCUT2D eigenvalue weighted by molar-refractivity contribution is -0.142. The predicted octanol–water partition coefficient (Wildman–Crippen LogP) is 3.38. The van der Waals surface area contributed by atoms with Crippen molar-refractivity contribution in [3.63, 3.8) is 0 Å². The number of carbonyl (C=O) groups excluding carboxylic acids is 1. The molecule has 0 aromatic rings. The third-order valence-electron chi connectivity index (χ3n) is 3.42. The van der Waals surface area contributed by atoms with Gasteiger partial charge in [0.1, 0.15) is 6.61 Å². The average molecular weight is 312 g/mol. The number of nitrogens with one attached hydrogen (secondary N) is 1. The highest BCUT2D eigenvalue weighted by atomic mass is 16.5. The van der Waals surface area contributed by atoms with Gasteiger partial charge in [-0.15, -0.1) is 0 Å². The van der Waals surface area contributed by atoms with E-state index in [9.17, 15) is 4.79 Å². The lowest BCUT2D eigenvalue weighted by Gasteiger charge is -2.09. The Morgan fingerprint density at radius 1 is 1.05 bits per heavy atom. The summed E-state index contributed by atoms with van der Waals surface area (Å²) in [4.78, 5) is 13.7. The van der Waals surface area contributed by atoms with Crippen LogP contribution in [0.3, 0.4) is 0 Å². The molecule has 4 nitrogen and oxygen atoms in total. The van der Waals surface area contributed by atoms with Crippen LogP contribution < -0.4 is 5.32 Å². The molecule has 0 aromatic heterocycles. The molecule has 0 heterocycles. The van der Waals surface area contributed by atoms with Crippen LogP contribution in [-0.4, -0.2) is 51.2 Å². The number of nitrogens with zero attached hydrogens (tertiary/aromatic N) is 1. The first-order valence-corrected chi connectivity index (χ1v) is 8.83. The molecule has 0 saturated heterocycles. The van der Waals surface area contributed by atoms with Crippen molar-refractivity contribution in [3.05, 3.63) is 12.2 Å². The lowest BCUT2D eigenvalue weighted by atomic mass is 10.1. The quantitative estimate of drug-likeness (QED) is 0.286. The summed E-state index contributed by atoms with van der Waals surface area (Å²) < 4.78 is 5.17. The summed E-state index contributed by atoms with van der Waals surface area (Å²) in [5.74, 6) is -0.0919. The minimum atomic E-state index is -0.0919. The summed E-state index contributed by atoms with van der Waals surface area (Å²) in [6, 6.07) is 0. The van der Waals surface area contributed by atoms with Crippen LogP contribution >= 0.6 is 0 Å². The van der Waals surface area contributed by atoms with Crippen LogP contribution in [0.5, 0.6) is 0 Å². The molecular formula is C18H36N2O2. The minimum absolute atomic E-state index is 0.0919. The van der Waals surface area contributed by atoms with E-state index in [1.807, 2.05) is 6.08 Å². The number of ether oxygens (including phenoxy) is 1. The van der Waals surface area contributed by atoms with Gasteiger partial charge in [0.05, 0.1) is 0 Å². The Labute approximate surface area is 137 Å². The van der Waals surface area contributed by atoms with Crippen LogP contribution in [0, 0.1) is 0 Å². The first-order valence-electron chi connectivity index (χ1n) is 8.83. The topological polar surface area (TPSA) is 41.6 Å². The normalized spacial score (nSPS) is 11.5. The number of carbonyl (C=O) groups is 1. The molecule has 0 fully saturated rings. The van der Waals surface area contributed by atoms with Crippen molar-refractivity contribution < 1.29 is 9.53 Å².